The van der Waals surface area contributed by atoms with Crippen LogP contribution in [0.1, 0.15) is 26.3 Å². The first kappa shape index (κ1) is 15.4. The summed E-state index contributed by atoms with van der Waals surface area (Å²) >= 11 is 5.97. The van der Waals surface area contributed by atoms with Crippen LogP contribution in [0.2, 0.25) is 5.02 Å². The summed E-state index contributed by atoms with van der Waals surface area (Å²) in [6, 6.07) is 5.64. The molecule has 0 saturated heterocycles. The first-order chi connectivity index (χ1) is 8.50. The summed E-state index contributed by atoms with van der Waals surface area (Å²) in [7, 11) is 0. The monoisotopic (exact) mass is 272 g/mol. The molecule has 0 radical (unpaired) electrons. The summed E-state index contributed by atoms with van der Waals surface area (Å²) < 4.78 is 13.5. The van der Waals surface area contributed by atoms with Crippen LogP contribution in [0.15, 0.2) is 18.2 Å². The molecule has 0 aliphatic carbocycles. The van der Waals surface area contributed by atoms with Crippen molar-refractivity contribution in [3.63, 3.8) is 0 Å². The molecule has 0 spiro atoms. The summed E-state index contributed by atoms with van der Waals surface area (Å²) in [5.74, 6) is -0.225. The van der Waals surface area contributed by atoms with E-state index >= 15 is 0 Å². The zero-order chi connectivity index (χ0) is 13.5. The molecule has 1 rings (SSSR count). The Morgan fingerprint density at radius 1 is 1.22 bits per heavy atom. The highest BCUT2D eigenvalue weighted by Crippen LogP contribution is 2.18. The highest BCUT2D eigenvalue weighted by molar-refractivity contribution is 6.31. The van der Waals surface area contributed by atoms with E-state index < -0.39 is 0 Å². The molecular weight excluding hydrogens is 251 g/mol. The average Bonchev–Trinajstić information content (AvgIpc) is 2.30. The summed E-state index contributed by atoms with van der Waals surface area (Å²) in [4.78, 5) is 0. The lowest BCUT2D eigenvalue weighted by atomic mass is 10.1. The third-order valence-corrected chi connectivity index (χ3v) is 3.12. The van der Waals surface area contributed by atoms with Crippen LogP contribution >= 0.6 is 11.6 Å². The third kappa shape index (κ3) is 5.34. The molecule has 1 aromatic rings. The smallest absolute Gasteiger partial charge is 0.127 e. The average molecular weight is 273 g/mol. The van der Waals surface area contributed by atoms with E-state index in [9.17, 15) is 4.39 Å². The van der Waals surface area contributed by atoms with Crippen LogP contribution in [-0.2, 0) is 6.42 Å². The van der Waals surface area contributed by atoms with Crippen molar-refractivity contribution in [3.05, 3.63) is 34.6 Å². The van der Waals surface area contributed by atoms with Gasteiger partial charge in [-0.25, -0.2) is 4.39 Å². The van der Waals surface area contributed by atoms with Gasteiger partial charge in [-0.3, -0.25) is 0 Å². The largest absolute Gasteiger partial charge is 0.313 e. The van der Waals surface area contributed by atoms with E-state index in [4.69, 9.17) is 11.6 Å². The standard InChI is InChI=1S/C14H22ClFN2/c1-10(2)18-9-11(3)17-8-7-12-13(15)5-4-6-14(12)16/h4-6,10-11,17-18H,7-9H2,1-3H3. The Bertz CT molecular complexity index is 349. The fourth-order valence-electron chi connectivity index (χ4n) is 1.70. The Morgan fingerprint density at radius 2 is 1.94 bits per heavy atom. The summed E-state index contributed by atoms with van der Waals surface area (Å²) in [5.41, 5.74) is 0.593. The lowest BCUT2D eigenvalue weighted by Gasteiger charge is -2.16. The van der Waals surface area contributed by atoms with Gasteiger partial charge >= 0.3 is 0 Å². The van der Waals surface area contributed by atoms with Crippen molar-refractivity contribution < 1.29 is 4.39 Å². The minimum Gasteiger partial charge on any atom is -0.313 e. The number of hydrogen-bond donors (Lipinski definition) is 2. The third-order valence-electron chi connectivity index (χ3n) is 2.76. The molecule has 0 amide bonds. The quantitative estimate of drug-likeness (QED) is 0.797. The highest BCUT2D eigenvalue weighted by atomic mass is 35.5. The van der Waals surface area contributed by atoms with E-state index in [1.54, 1.807) is 12.1 Å². The van der Waals surface area contributed by atoms with Crippen LogP contribution in [0.5, 0.6) is 0 Å². The predicted molar refractivity (Wildman–Crippen MR) is 75.7 cm³/mol. The lowest BCUT2D eigenvalue weighted by molar-refractivity contribution is 0.474. The molecule has 0 aliphatic heterocycles. The van der Waals surface area contributed by atoms with Gasteiger partial charge in [0.1, 0.15) is 5.82 Å². The summed E-state index contributed by atoms with van der Waals surface area (Å²) in [6.45, 7) is 7.97. The van der Waals surface area contributed by atoms with E-state index in [2.05, 4.69) is 31.4 Å². The number of hydrogen-bond acceptors (Lipinski definition) is 2. The van der Waals surface area contributed by atoms with E-state index in [0.717, 1.165) is 13.1 Å². The van der Waals surface area contributed by atoms with Crippen LogP contribution in [0, 0.1) is 5.82 Å². The van der Waals surface area contributed by atoms with Gasteiger partial charge in [0.05, 0.1) is 0 Å². The fourth-order valence-corrected chi connectivity index (χ4v) is 1.96. The Morgan fingerprint density at radius 3 is 2.56 bits per heavy atom. The van der Waals surface area contributed by atoms with Crippen molar-refractivity contribution >= 4 is 11.6 Å². The van der Waals surface area contributed by atoms with Gasteiger partial charge in [-0.15, -0.1) is 0 Å². The van der Waals surface area contributed by atoms with Crippen molar-refractivity contribution in [2.75, 3.05) is 13.1 Å². The fraction of sp³-hybridized carbons (Fsp3) is 0.571. The number of nitrogens with one attached hydrogen (secondary N) is 2. The Hall–Kier alpha value is -0.640. The van der Waals surface area contributed by atoms with Gasteiger partial charge in [-0.05, 0) is 32.0 Å². The van der Waals surface area contributed by atoms with Gasteiger partial charge in [-0.2, -0.15) is 0 Å². The minimum absolute atomic E-state index is 0.225. The van der Waals surface area contributed by atoms with Crippen LogP contribution in [0.3, 0.4) is 0 Å². The molecule has 18 heavy (non-hydrogen) atoms. The minimum atomic E-state index is -0.225. The van der Waals surface area contributed by atoms with Gasteiger partial charge in [0.2, 0.25) is 0 Å². The molecule has 1 unspecified atom stereocenters. The first-order valence-corrected chi connectivity index (χ1v) is 6.78. The Balaban J connectivity index is 2.33. The van der Waals surface area contributed by atoms with Crippen LogP contribution in [-0.4, -0.2) is 25.2 Å². The number of rotatable bonds is 7. The second-order valence-corrected chi connectivity index (χ2v) is 5.28. The second-order valence-electron chi connectivity index (χ2n) is 4.87. The molecule has 0 heterocycles. The van der Waals surface area contributed by atoms with Crippen molar-refractivity contribution in [2.45, 2.75) is 39.3 Å². The molecule has 0 bridgehead atoms. The molecule has 0 fully saturated rings. The van der Waals surface area contributed by atoms with Gasteiger partial charge in [0.15, 0.2) is 0 Å². The number of halogens is 2. The van der Waals surface area contributed by atoms with E-state index in [1.807, 2.05) is 0 Å². The highest BCUT2D eigenvalue weighted by Gasteiger charge is 2.07. The topological polar surface area (TPSA) is 24.1 Å². The van der Waals surface area contributed by atoms with Crippen molar-refractivity contribution in [1.29, 1.82) is 0 Å². The molecular formula is C14H22ClFN2. The molecule has 0 saturated carbocycles. The van der Waals surface area contributed by atoms with Crippen molar-refractivity contribution in [2.24, 2.45) is 0 Å². The van der Waals surface area contributed by atoms with Crippen molar-refractivity contribution in [3.8, 4) is 0 Å². The SMILES string of the molecule is CC(C)NCC(C)NCCc1c(F)cccc1Cl. The van der Waals surface area contributed by atoms with Gasteiger partial charge < -0.3 is 10.6 Å². The zero-order valence-electron chi connectivity index (χ0n) is 11.3. The number of benzene rings is 1. The molecule has 1 aromatic carbocycles. The van der Waals surface area contributed by atoms with Gasteiger partial charge in [0.25, 0.3) is 0 Å². The normalized spacial score (nSPS) is 13.0. The predicted octanol–water partition coefficient (Wildman–Crippen LogP) is 3.00. The molecule has 4 heteroatoms. The van der Waals surface area contributed by atoms with Crippen LogP contribution in [0.25, 0.3) is 0 Å². The van der Waals surface area contributed by atoms with E-state index in [1.165, 1.54) is 6.07 Å². The summed E-state index contributed by atoms with van der Waals surface area (Å²) in [6.07, 6.45) is 0.609. The Labute approximate surface area is 114 Å². The molecule has 2 nitrogen and oxygen atoms in total. The molecule has 0 aromatic heterocycles. The van der Waals surface area contributed by atoms with Crippen LogP contribution in [0.4, 0.5) is 4.39 Å². The summed E-state index contributed by atoms with van der Waals surface area (Å²) in [5, 5.41) is 7.21. The molecule has 2 N–H and O–H groups in total. The molecule has 102 valence electrons. The molecule has 1 atom stereocenters. The van der Waals surface area contributed by atoms with Gasteiger partial charge in [0, 0.05) is 29.2 Å². The first-order valence-electron chi connectivity index (χ1n) is 6.40. The maximum atomic E-state index is 13.5. The van der Waals surface area contributed by atoms with E-state index in [0.29, 0.717) is 29.1 Å². The maximum absolute atomic E-state index is 13.5. The maximum Gasteiger partial charge on any atom is 0.127 e. The Kier molecular flexibility index (Phi) is 6.61. The van der Waals surface area contributed by atoms with E-state index in [-0.39, 0.29) is 5.82 Å². The van der Waals surface area contributed by atoms with Crippen LogP contribution < -0.4 is 10.6 Å². The van der Waals surface area contributed by atoms with Gasteiger partial charge in [-0.1, -0.05) is 31.5 Å². The second kappa shape index (κ2) is 7.72. The van der Waals surface area contributed by atoms with Crippen molar-refractivity contribution in [1.82, 2.24) is 10.6 Å². The molecule has 0 aliphatic rings. The zero-order valence-corrected chi connectivity index (χ0v) is 12.0. The lowest BCUT2D eigenvalue weighted by Crippen LogP contribution is -2.39.